The summed E-state index contributed by atoms with van der Waals surface area (Å²) in [6.07, 6.45) is 2.69. The lowest BCUT2D eigenvalue weighted by molar-refractivity contribution is 0.102. The number of benzene rings is 1. The van der Waals surface area contributed by atoms with E-state index < -0.39 is 5.82 Å². The van der Waals surface area contributed by atoms with E-state index in [-0.39, 0.29) is 10.9 Å². The number of anilines is 1. The topological polar surface area (TPSA) is 42.2 Å². The van der Waals surface area contributed by atoms with Crippen molar-refractivity contribution in [2.75, 3.05) is 5.32 Å². The fraction of sp³-hybridized carbons (Fsp3) is 0. The third kappa shape index (κ3) is 2.23. The minimum Gasteiger partial charge on any atom is -0.472 e. The molecule has 0 atom stereocenters. The summed E-state index contributed by atoms with van der Waals surface area (Å²) in [7, 11) is 0. The van der Waals surface area contributed by atoms with E-state index in [1.54, 1.807) is 0 Å². The van der Waals surface area contributed by atoms with Crippen LogP contribution in [0.5, 0.6) is 0 Å². The molecule has 1 heterocycles. The van der Waals surface area contributed by atoms with Crippen LogP contribution in [0.4, 0.5) is 10.1 Å². The number of carbonyl (C=O) groups is 1. The summed E-state index contributed by atoms with van der Waals surface area (Å²) in [5.41, 5.74) is 0.712. The zero-order chi connectivity index (χ0) is 11.5. The van der Waals surface area contributed by atoms with Gasteiger partial charge in [0.05, 0.1) is 16.8 Å². The first-order valence-corrected chi connectivity index (χ1v) is 4.83. The van der Waals surface area contributed by atoms with E-state index in [9.17, 15) is 9.18 Å². The van der Waals surface area contributed by atoms with Crippen LogP contribution in [0.2, 0.25) is 5.02 Å². The fourth-order valence-corrected chi connectivity index (χ4v) is 1.29. The maximum absolute atomic E-state index is 13.1. The van der Waals surface area contributed by atoms with Gasteiger partial charge in [-0.15, -0.1) is 0 Å². The van der Waals surface area contributed by atoms with Gasteiger partial charge in [0.15, 0.2) is 0 Å². The third-order valence-electron chi connectivity index (χ3n) is 1.96. The zero-order valence-corrected chi connectivity index (χ0v) is 8.79. The summed E-state index contributed by atoms with van der Waals surface area (Å²) in [6, 6.07) is 5.56. The molecule has 2 aromatic rings. The highest BCUT2D eigenvalue weighted by Gasteiger charge is 2.08. The summed E-state index contributed by atoms with van der Waals surface area (Å²) in [5.74, 6) is -0.942. The van der Waals surface area contributed by atoms with Gasteiger partial charge in [-0.25, -0.2) is 4.39 Å². The molecule has 0 saturated heterocycles. The molecule has 3 nitrogen and oxygen atoms in total. The zero-order valence-electron chi connectivity index (χ0n) is 8.04. The number of nitrogens with one attached hydrogen (secondary N) is 1. The lowest BCUT2D eigenvalue weighted by Crippen LogP contribution is -2.10. The van der Waals surface area contributed by atoms with Crippen LogP contribution in [0.1, 0.15) is 10.4 Å². The molecular weight excluding hydrogens is 233 g/mol. The Bertz CT molecular complexity index is 511. The summed E-state index contributed by atoms with van der Waals surface area (Å²) in [4.78, 5) is 11.5. The average Bonchev–Trinajstić information content (AvgIpc) is 2.77. The first kappa shape index (κ1) is 10.7. The van der Waals surface area contributed by atoms with E-state index >= 15 is 0 Å². The van der Waals surface area contributed by atoms with Gasteiger partial charge < -0.3 is 9.73 Å². The van der Waals surface area contributed by atoms with Gasteiger partial charge in [0.1, 0.15) is 12.1 Å². The molecule has 1 amide bonds. The number of furan rings is 1. The first-order chi connectivity index (χ1) is 7.66. The third-order valence-corrected chi connectivity index (χ3v) is 2.27. The summed E-state index contributed by atoms with van der Waals surface area (Å²) in [6.45, 7) is 0. The molecule has 0 radical (unpaired) electrons. The number of amides is 1. The van der Waals surface area contributed by atoms with Crippen molar-refractivity contribution in [1.29, 1.82) is 0 Å². The predicted octanol–water partition coefficient (Wildman–Crippen LogP) is 3.32. The lowest BCUT2D eigenvalue weighted by Gasteiger charge is -2.03. The number of carbonyl (C=O) groups excluding carboxylic acids is 1. The van der Waals surface area contributed by atoms with E-state index in [4.69, 9.17) is 16.0 Å². The summed E-state index contributed by atoms with van der Waals surface area (Å²) in [5, 5.41) is 2.53. The van der Waals surface area contributed by atoms with Gasteiger partial charge in [-0.2, -0.15) is 0 Å². The van der Waals surface area contributed by atoms with Crippen LogP contribution in [-0.4, -0.2) is 5.91 Å². The quantitative estimate of drug-likeness (QED) is 0.874. The van der Waals surface area contributed by atoms with Crippen LogP contribution in [0.3, 0.4) is 0 Å². The van der Waals surface area contributed by atoms with Gasteiger partial charge in [-0.1, -0.05) is 11.6 Å². The van der Waals surface area contributed by atoms with Gasteiger partial charge in [0.2, 0.25) is 0 Å². The molecule has 0 aliphatic heterocycles. The van der Waals surface area contributed by atoms with E-state index in [1.807, 2.05) is 0 Å². The molecule has 0 aliphatic carbocycles. The summed E-state index contributed by atoms with van der Waals surface area (Å²) < 4.78 is 17.8. The van der Waals surface area contributed by atoms with Crippen molar-refractivity contribution < 1.29 is 13.6 Å². The maximum Gasteiger partial charge on any atom is 0.258 e. The minimum atomic E-state index is -0.577. The van der Waals surface area contributed by atoms with Gasteiger partial charge in [-0.3, -0.25) is 4.79 Å². The molecule has 0 saturated carbocycles. The molecule has 5 heteroatoms. The summed E-state index contributed by atoms with van der Waals surface area (Å²) >= 11 is 5.51. The Morgan fingerprint density at radius 3 is 2.81 bits per heavy atom. The number of rotatable bonds is 2. The van der Waals surface area contributed by atoms with Crippen LogP contribution in [0, 0.1) is 5.82 Å². The Hall–Kier alpha value is -1.81. The predicted molar refractivity (Wildman–Crippen MR) is 58.1 cm³/mol. The smallest absolute Gasteiger partial charge is 0.258 e. The van der Waals surface area contributed by atoms with E-state index in [0.29, 0.717) is 11.3 Å². The van der Waals surface area contributed by atoms with Gasteiger partial charge in [-0.05, 0) is 24.3 Å². The number of halogens is 2. The highest BCUT2D eigenvalue weighted by atomic mass is 35.5. The van der Waals surface area contributed by atoms with Crippen LogP contribution >= 0.6 is 11.6 Å². The highest BCUT2D eigenvalue weighted by molar-refractivity contribution is 6.30. The van der Waals surface area contributed by atoms with Gasteiger partial charge in [0, 0.05) is 5.69 Å². The Kier molecular flexibility index (Phi) is 2.92. The van der Waals surface area contributed by atoms with Gasteiger partial charge in [0.25, 0.3) is 5.91 Å². The Labute approximate surface area is 95.8 Å². The lowest BCUT2D eigenvalue weighted by atomic mass is 10.2. The fourth-order valence-electron chi connectivity index (χ4n) is 1.17. The van der Waals surface area contributed by atoms with E-state index in [2.05, 4.69) is 5.32 Å². The van der Waals surface area contributed by atoms with Crippen molar-refractivity contribution in [1.82, 2.24) is 0 Å². The molecular formula is C11H7ClFNO2. The van der Waals surface area contributed by atoms with Crippen molar-refractivity contribution >= 4 is 23.2 Å². The van der Waals surface area contributed by atoms with E-state index in [1.165, 1.54) is 30.7 Å². The van der Waals surface area contributed by atoms with Crippen molar-refractivity contribution in [3.63, 3.8) is 0 Å². The van der Waals surface area contributed by atoms with E-state index in [0.717, 1.165) is 6.07 Å². The Morgan fingerprint density at radius 2 is 2.19 bits per heavy atom. The molecule has 0 fully saturated rings. The highest BCUT2D eigenvalue weighted by Crippen LogP contribution is 2.19. The Balaban J connectivity index is 2.15. The molecule has 0 unspecified atom stereocenters. The monoisotopic (exact) mass is 239 g/mol. The standard InChI is InChI=1S/C11H7ClFNO2/c12-9-2-1-8(5-10(9)13)14-11(15)7-3-4-16-6-7/h1-6H,(H,14,15). The molecule has 16 heavy (non-hydrogen) atoms. The van der Waals surface area contributed by atoms with Crippen molar-refractivity contribution in [3.8, 4) is 0 Å². The molecule has 2 rings (SSSR count). The molecule has 1 N–H and O–H groups in total. The number of hydrogen-bond acceptors (Lipinski definition) is 2. The molecule has 0 spiro atoms. The van der Waals surface area contributed by atoms with Gasteiger partial charge >= 0.3 is 0 Å². The second-order valence-corrected chi connectivity index (χ2v) is 3.50. The van der Waals surface area contributed by atoms with Crippen LogP contribution < -0.4 is 5.32 Å². The molecule has 1 aromatic carbocycles. The number of hydrogen-bond donors (Lipinski definition) is 1. The van der Waals surface area contributed by atoms with Crippen molar-refractivity contribution in [2.45, 2.75) is 0 Å². The van der Waals surface area contributed by atoms with Crippen molar-refractivity contribution in [2.24, 2.45) is 0 Å². The second-order valence-electron chi connectivity index (χ2n) is 3.10. The molecule has 0 bridgehead atoms. The normalized spacial score (nSPS) is 10.1. The van der Waals surface area contributed by atoms with Crippen LogP contribution in [0.15, 0.2) is 41.2 Å². The van der Waals surface area contributed by atoms with Crippen LogP contribution in [-0.2, 0) is 0 Å². The molecule has 82 valence electrons. The largest absolute Gasteiger partial charge is 0.472 e. The molecule has 0 aliphatic rings. The first-order valence-electron chi connectivity index (χ1n) is 4.45. The maximum atomic E-state index is 13.1. The van der Waals surface area contributed by atoms with Crippen molar-refractivity contribution in [3.05, 3.63) is 53.2 Å². The SMILES string of the molecule is O=C(Nc1ccc(Cl)c(F)c1)c1ccoc1. The molecule has 1 aromatic heterocycles. The average molecular weight is 240 g/mol. The van der Waals surface area contributed by atoms with Crippen LogP contribution in [0.25, 0.3) is 0 Å². The second kappa shape index (κ2) is 4.37. The minimum absolute atomic E-state index is 0.0151. The Morgan fingerprint density at radius 1 is 1.38 bits per heavy atom.